The molecular weight excluding hydrogens is 510 g/mol. The first-order chi connectivity index (χ1) is 19.3. The molecule has 2 aromatic rings. The van der Waals surface area contributed by atoms with E-state index < -0.39 is 6.10 Å². The zero-order chi connectivity index (χ0) is 28.2. The van der Waals surface area contributed by atoms with Crippen LogP contribution in [0.25, 0.3) is 0 Å². The summed E-state index contributed by atoms with van der Waals surface area (Å²) in [6.07, 6.45) is 3.71. The van der Waals surface area contributed by atoms with Gasteiger partial charge in [0.1, 0.15) is 5.78 Å². The number of hydrogen-bond donors (Lipinski definition) is 5. The Labute approximate surface area is 234 Å². The average molecular weight is 548 g/mol. The number of hydrogen-bond acceptors (Lipinski definition) is 9. The number of nitrogens with one attached hydrogen (secondary N) is 1. The van der Waals surface area contributed by atoms with Gasteiger partial charge < -0.3 is 35.8 Å². The number of aliphatic imine (C=N–C) groups is 1. The summed E-state index contributed by atoms with van der Waals surface area (Å²) in [6, 6.07) is 5.45. The maximum Gasteiger partial charge on any atom is 0.188 e. The van der Waals surface area contributed by atoms with Crippen molar-refractivity contribution in [3.63, 3.8) is 0 Å². The molecule has 212 valence electrons. The number of carbonyl (C=O) groups is 1. The summed E-state index contributed by atoms with van der Waals surface area (Å²) < 4.78 is 11.6. The van der Waals surface area contributed by atoms with Gasteiger partial charge in [-0.1, -0.05) is 24.0 Å². The summed E-state index contributed by atoms with van der Waals surface area (Å²) in [5.41, 5.74) is 9.76. The molecule has 3 atom stereocenters. The van der Waals surface area contributed by atoms with Crippen LogP contribution < -0.4 is 20.5 Å². The Balaban J connectivity index is 1.48. The molecule has 0 saturated carbocycles. The van der Waals surface area contributed by atoms with Crippen LogP contribution in [0.2, 0.25) is 0 Å². The van der Waals surface area contributed by atoms with E-state index in [9.17, 15) is 20.1 Å². The van der Waals surface area contributed by atoms with Gasteiger partial charge in [-0.3, -0.25) is 9.79 Å². The predicted octanol–water partition coefficient (Wildman–Crippen LogP) is 2.52. The number of aromatic hydroxyl groups is 2. The SMILES string of the molecule is COc1c(O)ccc2c1C#CCc1cc(c3c(c1O)OCC(CC1CCN=C(N)N1)C3)CCC(O)CC(=O)CC2. The molecule has 2 aliphatic heterocycles. The molecule has 0 aromatic heterocycles. The van der Waals surface area contributed by atoms with E-state index in [1.54, 1.807) is 6.07 Å². The van der Waals surface area contributed by atoms with Gasteiger partial charge in [0.25, 0.3) is 0 Å². The fourth-order valence-corrected chi connectivity index (χ4v) is 5.94. The molecule has 0 fully saturated rings. The largest absolute Gasteiger partial charge is 0.504 e. The van der Waals surface area contributed by atoms with Crippen molar-refractivity contribution < 1.29 is 29.6 Å². The lowest BCUT2D eigenvalue weighted by Gasteiger charge is -2.32. The molecule has 9 heteroatoms. The number of phenols is 2. The van der Waals surface area contributed by atoms with Crippen molar-refractivity contribution in [2.24, 2.45) is 16.6 Å². The van der Waals surface area contributed by atoms with Gasteiger partial charge in [-0.25, -0.2) is 0 Å². The fourth-order valence-electron chi connectivity index (χ4n) is 5.94. The molecule has 3 unspecified atom stereocenters. The summed E-state index contributed by atoms with van der Waals surface area (Å²) in [5.74, 6) is 7.71. The minimum atomic E-state index is -0.774. The molecule has 2 bridgehead atoms. The number of nitrogens with zero attached hydrogens (tertiary/aromatic N) is 1. The van der Waals surface area contributed by atoms with Crippen molar-refractivity contribution in [2.75, 3.05) is 20.3 Å². The second-order valence-corrected chi connectivity index (χ2v) is 10.9. The first-order valence-corrected chi connectivity index (χ1v) is 14.0. The third kappa shape index (κ3) is 6.13. The molecule has 0 radical (unpaired) electrons. The van der Waals surface area contributed by atoms with Crippen LogP contribution in [0.4, 0.5) is 0 Å². The van der Waals surface area contributed by atoms with Gasteiger partial charge in [0.15, 0.2) is 29.0 Å². The Kier molecular flexibility index (Phi) is 8.36. The minimum absolute atomic E-state index is 0.0320. The van der Waals surface area contributed by atoms with Gasteiger partial charge in [-0.2, -0.15) is 0 Å². The van der Waals surface area contributed by atoms with E-state index in [1.165, 1.54) is 13.2 Å². The van der Waals surface area contributed by atoms with E-state index in [-0.39, 0.29) is 54.3 Å². The highest BCUT2D eigenvalue weighted by molar-refractivity contribution is 5.79. The fraction of sp³-hybridized carbons (Fsp3) is 0.484. The number of Topliss-reactive ketones (excluding diaryl/α,β-unsaturated/α-hetero) is 1. The molecule has 40 heavy (non-hydrogen) atoms. The number of nitrogens with two attached hydrogens (primary N) is 1. The lowest BCUT2D eigenvalue weighted by atomic mass is 9.85. The zero-order valence-electron chi connectivity index (χ0n) is 22.8. The molecule has 9 nitrogen and oxygen atoms in total. The van der Waals surface area contributed by atoms with Gasteiger partial charge in [-0.15, -0.1) is 0 Å². The van der Waals surface area contributed by atoms with Gasteiger partial charge in [0.05, 0.1) is 25.4 Å². The summed E-state index contributed by atoms with van der Waals surface area (Å²) in [7, 11) is 1.47. The number of aryl methyl sites for hydroxylation is 2. The molecule has 0 saturated heterocycles. The number of benzene rings is 2. The third-order valence-corrected chi connectivity index (χ3v) is 8.02. The van der Waals surface area contributed by atoms with Gasteiger partial charge in [0.2, 0.25) is 0 Å². The highest BCUT2D eigenvalue weighted by Gasteiger charge is 2.29. The highest BCUT2D eigenvalue weighted by atomic mass is 16.5. The quantitative estimate of drug-likeness (QED) is 0.369. The number of ketones is 1. The lowest BCUT2D eigenvalue weighted by Crippen LogP contribution is -2.45. The Morgan fingerprint density at radius 1 is 1.15 bits per heavy atom. The number of ether oxygens (including phenoxy) is 2. The number of phenolic OH excluding ortho intramolecular Hbond substituents is 2. The van der Waals surface area contributed by atoms with E-state index in [0.29, 0.717) is 55.3 Å². The van der Waals surface area contributed by atoms with Crippen LogP contribution in [0.5, 0.6) is 23.0 Å². The number of rotatable bonds is 3. The van der Waals surface area contributed by atoms with Crippen molar-refractivity contribution in [1.29, 1.82) is 0 Å². The van der Waals surface area contributed by atoms with Crippen LogP contribution >= 0.6 is 0 Å². The molecule has 1 aliphatic carbocycles. The van der Waals surface area contributed by atoms with Gasteiger partial charge in [0, 0.05) is 43.0 Å². The van der Waals surface area contributed by atoms with Crippen molar-refractivity contribution in [3.8, 4) is 34.8 Å². The Morgan fingerprint density at radius 2 is 2.00 bits per heavy atom. The monoisotopic (exact) mass is 547 g/mol. The maximum atomic E-state index is 12.7. The predicted molar refractivity (Wildman–Crippen MR) is 151 cm³/mol. The van der Waals surface area contributed by atoms with Crippen molar-refractivity contribution in [1.82, 2.24) is 5.32 Å². The van der Waals surface area contributed by atoms with E-state index in [2.05, 4.69) is 22.2 Å². The van der Waals surface area contributed by atoms with Gasteiger partial charge >= 0.3 is 0 Å². The van der Waals surface area contributed by atoms with Crippen LogP contribution in [0.15, 0.2) is 23.2 Å². The minimum Gasteiger partial charge on any atom is -0.504 e. The number of aliphatic hydroxyl groups is 1. The zero-order valence-corrected chi connectivity index (χ0v) is 22.8. The summed E-state index contributed by atoms with van der Waals surface area (Å²) >= 11 is 0. The Hall–Kier alpha value is -3.90. The summed E-state index contributed by atoms with van der Waals surface area (Å²) in [6.45, 7) is 1.18. The molecule has 3 aliphatic rings. The molecular formula is C31H37N3O6. The summed E-state index contributed by atoms with van der Waals surface area (Å²) in [4.78, 5) is 16.9. The molecule has 6 N–H and O–H groups in total. The highest BCUT2D eigenvalue weighted by Crippen LogP contribution is 2.42. The van der Waals surface area contributed by atoms with Crippen molar-refractivity contribution in [3.05, 3.63) is 46.0 Å². The number of methoxy groups -OCH3 is 1. The summed E-state index contributed by atoms with van der Waals surface area (Å²) in [5, 5.41) is 35.5. The first kappa shape index (κ1) is 27.7. The van der Waals surface area contributed by atoms with Crippen LogP contribution in [-0.2, 0) is 30.5 Å². The number of aliphatic hydroxyl groups excluding tert-OH is 1. The van der Waals surface area contributed by atoms with Crippen LogP contribution in [0, 0.1) is 17.8 Å². The van der Waals surface area contributed by atoms with Crippen molar-refractivity contribution >= 4 is 11.7 Å². The van der Waals surface area contributed by atoms with E-state index in [0.717, 1.165) is 36.0 Å². The van der Waals surface area contributed by atoms with Crippen LogP contribution in [0.1, 0.15) is 59.9 Å². The van der Waals surface area contributed by atoms with Crippen molar-refractivity contribution in [2.45, 2.75) is 69.9 Å². The molecule has 5 rings (SSSR count). The average Bonchev–Trinajstić information content (AvgIpc) is 2.93. The molecule has 2 heterocycles. The molecule has 0 amide bonds. The Morgan fingerprint density at radius 3 is 2.80 bits per heavy atom. The molecule has 0 spiro atoms. The topological polar surface area (TPSA) is 147 Å². The second kappa shape index (κ2) is 12.1. The lowest BCUT2D eigenvalue weighted by molar-refractivity contribution is -0.121. The standard InChI is InChI=1S/C31H37N3O6/c1-39-29-25-4-2-3-21-15-20(6-9-24(36)16-23(35)8-5-19(25)7-10-27(29)37)26-14-18(17-40-30(26)28(21)38)13-22-11-12-33-31(32)34-22/h7,10,15,18,22,24,36-38H,3,5-6,8-9,11-14,16-17H2,1H3,(H3,32,33,34). The van der Waals surface area contributed by atoms with Crippen LogP contribution in [0.3, 0.4) is 0 Å². The number of guanidine groups is 1. The first-order valence-electron chi connectivity index (χ1n) is 14.0. The van der Waals surface area contributed by atoms with E-state index in [1.807, 2.05) is 6.07 Å². The number of fused-ring (bicyclic) bond motifs is 5. The smallest absolute Gasteiger partial charge is 0.188 e. The number of carbonyl (C=O) groups excluding carboxylic acids is 1. The normalized spacial score (nSPS) is 23.0. The maximum absolute atomic E-state index is 12.7. The van der Waals surface area contributed by atoms with Crippen LogP contribution in [-0.4, -0.2) is 59.5 Å². The van der Waals surface area contributed by atoms with Gasteiger partial charge in [-0.05, 0) is 61.6 Å². The van der Waals surface area contributed by atoms with E-state index >= 15 is 0 Å². The molecule has 2 aromatic carbocycles. The third-order valence-electron chi connectivity index (χ3n) is 8.02. The van der Waals surface area contributed by atoms with E-state index in [4.69, 9.17) is 15.2 Å². The Bertz CT molecular complexity index is 1380. The second-order valence-electron chi connectivity index (χ2n) is 10.9.